The van der Waals surface area contributed by atoms with E-state index in [1.54, 1.807) is 7.11 Å². The number of fused-ring (bicyclic) bond motifs is 1. The molecule has 1 saturated heterocycles. The van der Waals surface area contributed by atoms with E-state index in [2.05, 4.69) is 25.7 Å². The topological polar surface area (TPSA) is 61.6 Å². The van der Waals surface area contributed by atoms with E-state index in [1.807, 2.05) is 18.2 Å². The molecule has 0 aliphatic carbocycles. The first-order valence-electron chi connectivity index (χ1n) is 9.78. The number of methoxy groups -OCH3 is 1. The number of ether oxygens (including phenoxy) is 3. The molecule has 0 atom stereocenters. The van der Waals surface area contributed by atoms with E-state index in [0.717, 1.165) is 81.6 Å². The molecule has 0 amide bonds. The van der Waals surface area contributed by atoms with Crippen molar-refractivity contribution in [3.8, 4) is 5.75 Å². The van der Waals surface area contributed by atoms with Crippen LogP contribution < -0.4 is 4.74 Å². The van der Waals surface area contributed by atoms with E-state index >= 15 is 0 Å². The summed E-state index contributed by atoms with van der Waals surface area (Å²) in [6.45, 7) is 5.85. The lowest BCUT2D eigenvalue weighted by Crippen LogP contribution is -2.37. The zero-order chi connectivity index (χ0) is 18.5. The van der Waals surface area contributed by atoms with Crippen LogP contribution in [0.5, 0.6) is 5.75 Å². The van der Waals surface area contributed by atoms with Gasteiger partial charge in [0.1, 0.15) is 17.4 Å². The van der Waals surface area contributed by atoms with Crippen LogP contribution in [0.15, 0.2) is 24.3 Å². The van der Waals surface area contributed by atoms with E-state index in [-0.39, 0.29) is 0 Å². The molecule has 0 unspecified atom stereocenters. The zero-order valence-electron chi connectivity index (χ0n) is 16.0. The molecule has 146 valence electrons. The molecule has 2 aliphatic heterocycles. The molecule has 7 nitrogen and oxygen atoms in total. The Hall–Kier alpha value is -1.96. The minimum Gasteiger partial charge on any atom is -0.496 e. The van der Waals surface area contributed by atoms with E-state index in [4.69, 9.17) is 14.2 Å². The molecule has 4 rings (SSSR count). The van der Waals surface area contributed by atoms with Crippen molar-refractivity contribution in [2.45, 2.75) is 45.1 Å². The fourth-order valence-electron chi connectivity index (χ4n) is 3.82. The normalized spacial score (nSPS) is 18.9. The molecular weight excluding hydrogens is 344 g/mol. The maximum atomic E-state index is 6.15. The Morgan fingerprint density at radius 1 is 1.11 bits per heavy atom. The maximum absolute atomic E-state index is 6.15. The number of rotatable bonds is 6. The summed E-state index contributed by atoms with van der Waals surface area (Å²) in [5.41, 5.74) is 1.11. The first-order chi connectivity index (χ1) is 13.3. The summed E-state index contributed by atoms with van der Waals surface area (Å²) in [5.74, 6) is 3.01. The van der Waals surface area contributed by atoms with E-state index in [1.165, 1.54) is 0 Å². The third-order valence-corrected chi connectivity index (χ3v) is 5.40. The summed E-state index contributed by atoms with van der Waals surface area (Å²) in [5, 5.41) is 8.76. The summed E-state index contributed by atoms with van der Waals surface area (Å²) in [4.78, 5) is 2.45. The standard InChI is InChI=1S/C20H28N4O3/c1-25-18-5-3-2-4-16(18)15-27-17-6-9-23(10-7-17)14-20-22-21-19-8-12-26-13-11-24(19)20/h2-5,17H,6-15H2,1H3. The highest BCUT2D eigenvalue weighted by Crippen LogP contribution is 2.22. The van der Waals surface area contributed by atoms with Crippen LogP contribution in [0.1, 0.15) is 30.1 Å². The molecule has 0 spiro atoms. The number of nitrogens with zero attached hydrogens (tertiary/aromatic N) is 4. The van der Waals surface area contributed by atoms with Crippen molar-refractivity contribution in [1.29, 1.82) is 0 Å². The van der Waals surface area contributed by atoms with Crippen molar-refractivity contribution in [1.82, 2.24) is 19.7 Å². The van der Waals surface area contributed by atoms with Gasteiger partial charge in [-0.05, 0) is 18.9 Å². The lowest BCUT2D eigenvalue weighted by atomic mass is 10.1. The minimum atomic E-state index is 0.301. The van der Waals surface area contributed by atoms with Crippen molar-refractivity contribution in [2.24, 2.45) is 0 Å². The predicted molar refractivity (Wildman–Crippen MR) is 101 cm³/mol. The summed E-state index contributed by atoms with van der Waals surface area (Å²) in [6.07, 6.45) is 3.24. The van der Waals surface area contributed by atoms with E-state index in [9.17, 15) is 0 Å². The fourth-order valence-corrected chi connectivity index (χ4v) is 3.82. The van der Waals surface area contributed by atoms with Gasteiger partial charge in [-0.3, -0.25) is 4.90 Å². The Labute approximate surface area is 160 Å². The second-order valence-corrected chi connectivity index (χ2v) is 7.14. The predicted octanol–water partition coefficient (Wildman–Crippen LogP) is 2.04. The Kier molecular flexibility index (Phi) is 6.01. The number of likely N-dealkylation sites (tertiary alicyclic amines) is 1. The molecule has 2 aromatic rings. The Morgan fingerprint density at radius 3 is 2.81 bits per heavy atom. The number of piperidine rings is 1. The van der Waals surface area contributed by atoms with Crippen molar-refractivity contribution in [3.05, 3.63) is 41.5 Å². The first-order valence-corrected chi connectivity index (χ1v) is 9.78. The van der Waals surface area contributed by atoms with Crippen molar-refractivity contribution < 1.29 is 14.2 Å². The molecule has 0 radical (unpaired) electrons. The van der Waals surface area contributed by atoms with Gasteiger partial charge in [0.05, 0.1) is 39.6 Å². The minimum absolute atomic E-state index is 0.301. The lowest BCUT2D eigenvalue weighted by Gasteiger charge is -2.31. The Morgan fingerprint density at radius 2 is 1.96 bits per heavy atom. The van der Waals surface area contributed by atoms with Gasteiger partial charge in [0.25, 0.3) is 0 Å². The molecule has 1 fully saturated rings. The van der Waals surface area contributed by atoms with Gasteiger partial charge in [0.2, 0.25) is 0 Å². The third kappa shape index (κ3) is 4.48. The SMILES string of the molecule is COc1ccccc1COC1CCN(Cc2nnc3n2CCOCC3)CC1. The lowest BCUT2D eigenvalue weighted by molar-refractivity contribution is -0.00520. The summed E-state index contributed by atoms with van der Waals surface area (Å²) in [7, 11) is 1.70. The van der Waals surface area contributed by atoms with Crippen molar-refractivity contribution in [2.75, 3.05) is 33.4 Å². The van der Waals surface area contributed by atoms with Gasteiger partial charge in [-0.2, -0.15) is 0 Å². The van der Waals surface area contributed by atoms with Gasteiger partial charge < -0.3 is 18.8 Å². The second-order valence-electron chi connectivity index (χ2n) is 7.14. The molecule has 2 aliphatic rings. The van der Waals surface area contributed by atoms with Crippen LogP contribution in [0.2, 0.25) is 0 Å². The molecule has 27 heavy (non-hydrogen) atoms. The number of hydrogen-bond donors (Lipinski definition) is 0. The highest BCUT2D eigenvalue weighted by molar-refractivity contribution is 5.32. The van der Waals surface area contributed by atoms with Gasteiger partial charge in [-0.1, -0.05) is 18.2 Å². The largest absolute Gasteiger partial charge is 0.496 e. The van der Waals surface area contributed by atoms with Crippen LogP contribution in [-0.4, -0.2) is 59.2 Å². The monoisotopic (exact) mass is 372 g/mol. The number of hydrogen-bond acceptors (Lipinski definition) is 6. The average molecular weight is 372 g/mol. The molecule has 0 N–H and O–H groups in total. The third-order valence-electron chi connectivity index (χ3n) is 5.40. The maximum Gasteiger partial charge on any atom is 0.147 e. The zero-order valence-corrected chi connectivity index (χ0v) is 16.0. The molecule has 7 heteroatoms. The van der Waals surface area contributed by atoms with Crippen molar-refractivity contribution in [3.63, 3.8) is 0 Å². The molecule has 0 saturated carbocycles. The summed E-state index contributed by atoms with van der Waals surface area (Å²) in [6, 6.07) is 8.05. The Balaban J connectivity index is 1.26. The van der Waals surface area contributed by atoms with Crippen LogP contribution >= 0.6 is 0 Å². The molecule has 1 aromatic heterocycles. The summed E-state index contributed by atoms with van der Waals surface area (Å²) >= 11 is 0. The number of benzene rings is 1. The molecular formula is C20H28N4O3. The van der Waals surface area contributed by atoms with Gasteiger partial charge in [-0.25, -0.2) is 0 Å². The summed E-state index contributed by atoms with van der Waals surface area (Å²) < 4.78 is 19.3. The second kappa shape index (κ2) is 8.82. The van der Waals surface area contributed by atoms with Crippen molar-refractivity contribution >= 4 is 0 Å². The smallest absolute Gasteiger partial charge is 0.147 e. The van der Waals surface area contributed by atoms with Crippen LogP contribution in [0, 0.1) is 0 Å². The van der Waals surface area contributed by atoms with E-state index in [0.29, 0.717) is 12.7 Å². The van der Waals surface area contributed by atoms with Crippen LogP contribution in [0.4, 0.5) is 0 Å². The van der Waals surface area contributed by atoms with Gasteiger partial charge in [0.15, 0.2) is 0 Å². The highest BCUT2D eigenvalue weighted by atomic mass is 16.5. The number of aromatic nitrogens is 3. The number of para-hydroxylation sites is 1. The quantitative estimate of drug-likeness (QED) is 0.773. The average Bonchev–Trinajstić information content (AvgIpc) is 2.93. The van der Waals surface area contributed by atoms with Crippen LogP contribution in [0.25, 0.3) is 0 Å². The molecule has 1 aromatic carbocycles. The Bertz CT molecular complexity index is 741. The highest BCUT2D eigenvalue weighted by Gasteiger charge is 2.23. The van der Waals surface area contributed by atoms with Crippen LogP contribution in [-0.2, 0) is 35.6 Å². The first kappa shape index (κ1) is 18.4. The van der Waals surface area contributed by atoms with Gasteiger partial charge in [-0.15, -0.1) is 10.2 Å². The van der Waals surface area contributed by atoms with Crippen LogP contribution in [0.3, 0.4) is 0 Å². The molecule has 3 heterocycles. The van der Waals surface area contributed by atoms with E-state index < -0.39 is 0 Å². The van der Waals surface area contributed by atoms with Gasteiger partial charge >= 0.3 is 0 Å². The fraction of sp³-hybridized carbons (Fsp3) is 0.600. The molecule has 0 bridgehead atoms. The van der Waals surface area contributed by atoms with Gasteiger partial charge in [0, 0.05) is 31.6 Å².